The third-order valence-corrected chi connectivity index (χ3v) is 6.96. The van der Waals surface area contributed by atoms with E-state index in [2.05, 4.69) is 20.0 Å². The highest BCUT2D eigenvalue weighted by Gasteiger charge is 2.23. The van der Waals surface area contributed by atoms with Gasteiger partial charge in [-0.25, -0.2) is 12.8 Å². The normalized spacial score (nSPS) is 12.4. The van der Waals surface area contributed by atoms with E-state index in [4.69, 9.17) is 23.2 Å². The lowest BCUT2D eigenvalue weighted by molar-refractivity contribution is 0.0941. The maximum atomic E-state index is 14.0. The highest BCUT2D eigenvalue weighted by atomic mass is 35.5. The van der Waals surface area contributed by atoms with Crippen LogP contribution in [0.2, 0.25) is 10.0 Å². The summed E-state index contributed by atoms with van der Waals surface area (Å²) >= 11 is 12.1. The summed E-state index contributed by atoms with van der Waals surface area (Å²) < 4.78 is 42.7. The Labute approximate surface area is 205 Å². The molecular formula is C23H17Cl2FN4O3S. The molecule has 7 nitrogen and oxygen atoms in total. The molecule has 0 aliphatic rings. The number of hydrogen-bond donors (Lipinski definition) is 2. The van der Waals surface area contributed by atoms with Crippen LogP contribution in [0.25, 0.3) is 11.0 Å². The van der Waals surface area contributed by atoms with Crippen LogP contribution in [0.5, 0.6) is 0 Å². The van der Waals surface area contributed by atoms with Crippen molar-refractivity contribution in [2.75, 3.05) is 4.72 Å². The Bertz CT molecular complexity index is 1510. The standard InChI is InChI=1S/C23H17Cl2FN4O3S/c1-13(16-7-5-14(24)11-18(16)25)29-23(31)17-8-6-15(26)12-20(17)30-34(32,33)21-4-2-3-19-22(21)28-10-9-27-19/h2-13,30H,1H3,(H,29,31). The first kappa shape index (κ1) is 23.9. The number of benzene rings is 3. The second-order valence-corrected chi connectivity index (χ2v) is 9.83. The van der Waals surface area contributed by atoms with Crippen molar-refractivity contribution in [2.45, 2.75) is 17.9 Å². The molecule has 0 aliphatic carbocycles. The van der Waals surface area contributed by atoms with E-state index in [9.17, 15) is 17.6 Å². The lowest BCUT2D eigenvalue weighted by atomic mass is 10.1. The van der Waals surface area contributed by atoms with Crippen LogP contribution >= 0.6 is 23.2 Å². The van der Waals surface area contributed by atoms with Gasteiger partial charge in [0, 0.05) is 22.4 Å². The van der Waals surface area contributed by atoms with Gasteiger partial charge < -0.3 is 5.32 Å². The molecule has 0 bridgehead atoms. The lowest BCUT2D eigenvalue weighted by Crippen LogP contribution is -2.28. The van der Waals surface area contributed by atoms with Crippen molar-refractivity contribution in [1.82, 2.24) is 15.3 Å². The fraction of sp³-hybridized carbons (Fsp3) is 0.0870. The molecule has 0 aliphatic heterocycles. The van der Waals surface area contributed by atoms with E-state index in [1.165, 1.54) is 30.6 Å². The predicted molar refractivity (Wildman–Crippen MR) is 129 cm³/mol. The van der Waals surface area contributed by atoms with E-state index >= 15 is 0 Å². The zero-order valence-corrected chi connectivity index (χ0v) is 19.9. The highest BCUT2D eigenvalue weighted by Crippen LogP contribution is 2.28. The molecule has 0 radical (unpaired) electrons. The summed E-state index contributed by atoms with van der Waals surface area (Å²) in [5.41, 5.74) is 0.821. The number of halogens is 3. The van der Waals surface area contributed by atoms with Crippen LogP contribution in [-0.4, -0.2) is 24.3 Å². The van der Waals surface area contributed by atoms with Gasteiger partial charge in [0.05, 0.1) is 22.8 Å². The third kappa shape index (κ3) is 4.96. The van der Waals surface area contributed by atoms with Crippen molar-refractivity contribution in [3.63, 3.8) is 0 Å². The first-order valence-corrected chi connectivity index (χ1v) is 12.2. The molecule has 11 heteroatoms. The number of rotatable bonds is 6. The van der Waals surface area contributed by atoms with Gasteiger partial charge in [0.2, 0.25) is 0 Å². The van der Waals surface area contributed by atoms with E-state index in [1.807, 2.05) is 0 Å². The van der Waals surface area contributed by atoms with Crippen LogP contribution in [0.15, 0.2) is 71.9 Å². The summed E-state index contributed by atoms with van der Waals surface area (Å²) in [6.45, 7) is 1.70. The summed E-state index contributed by atoms with van der Waals surface area (Å²) in [6.07, 6.45) is 2.81. The molecule has 3 aromatic carbocycles. The molecule has 0 spiro atoms. The van der Waals surface area contributed by atoms with Crippen LogP contribution in [0.3, 0.4) is 0 Å². The smallest absolute Gasteiger partial charge is 0.264 e. The number of carbonyl (C=O) groups excluding carboxylic acids is 1. The number of sulfonamides is 1. The van der Waals surface area contributed by atoms with Crippen molar-refractivity contribution in [3.8, 4) is 0 Å². The molecule has 4 rings (SSSR count). The van der Waals surface area contributed by atoms with Crippen molar-refractivity contribution in [3.05, 3.63) is 94.0 Å². The van der Waals surface area contributed by atoms with Crippen LogP contribution in [0, 0.1) is 5.82 Å². The van der Waals surface area contributed by atoms with Gasteiger partial charge in [0.25, 0.3) is 15.9 Å². The Balaban J connectivity index is 1.66. The number of hydrogen-bond acceptors (Lipinski definition) is 5. The number of amides is 1. The molecular weight excluding hydrogens is 502 g/mol. The molecule has 4 aromatic rings. The molecule has 34 heavy (non-hydrogen) atoms. The number of carbonyl (C=O) groups is 1. The Hall–Kier alpha value is -3.27. The molecule has 174 valence electrons. The quantitative estimate of drug-likeness (QED) is 0.357. The Kier molecular flexibility index (Phi) is 6.70. The average Bonchev–Trinajstić information content (AvgIpc) is 2.78. The molecule has 0 saturated heterocycles. The van der Waals surface area contributed by atoms with E-state index in [0.717, 1.165) is 12.1 Å². The minimum Gasteiger partial charge on any atom is -0.345 e. The highest BCUT2D eigenvalue weighted by molar-refractivity contribution is 7.93. The summed E-state index contributed by atoms with van der Waals surface area (Å²) in [4.78, 5) is 21.0. The fourth-order valence-electron chi connectivity index (χ4n) is 3.39. The lowest BCUT2D eigenvalue weighted by Gasteiger charge is -2.18. The van der Waals surface area contributed by atoms with E-state index in [1.54, 1.807) is 31.2 Å². The fourth-order valence-corrected chi connectivity index (χ4v) is 5.20. The second kappa shape index (κ2) is 9.54. The van der Waals surface area contributed by atoms with Crippen LogP contribution < -0.4 is 10.0 Å². The largest absolute Gasteiger partial charge is 0.345 e. The molecule has 1 atom stereocenters. The summed E-state index contributed by atoms with van der Waals surface area (Å²) in [5.74, 6) is -1.35. The van der Waals surface area contributed by atoms with Gasteiger partial charge in [-0.2, -0.15) is 0 Å². The number of anilines is 1. The van der Waals surface area contributed by atoms with Crippen LogP contribution in [-0.2, 0) is 10.0 Å². The topological polar surface area (TPSA) is 101 Å². The van der Waals surface area contributed by atoms with Gasteiger partial charge in [-0.3, -0.25) is 19.5 Å². The van der Waals surface area contributed by atoms with Gasteiger partial charge in [-0.15, -0.1) is 0 Å². The van der Waals surface area contributed by atoms with Gasteiger partial charge in [-0.05, 0) is 55.0 Å². The monoisotopic (exact) mass is 518 g/mol. The van der Waals surface area contributed by atoms with Crippen LogP contribution in [0.4, 0.5) is 10.1 Å². The zero-order valence-electron chi connectivity index (χ0n) is 17.6. The number of nitrogens with zero attached hydrogens (tertiary/aromatic N) is 2. The summed E-state index contributed by atoms with van der Waals surface area (Å²) in [5, 5.41) is 3.55. The van der Waals surface area contributed by atoms with E-state index < -0.39 is 27.8 Å². The second-order valence-electron chi connectivity index (χ2n) is 7.34. The van der Waals surface area contributed by atoms with Crippen molar-refractivity contribution < 1.29 is 17.6 Å². The Morgan fingerprint density at radius 1 is 1.03 bits per heavy atom. The molecule has 1 unspecified atom stereocenters. The minimum atomic E-state index is -4.24. The third-order valence-electron chi connectivity index (χ3n) is 5.00. The molecule has 1 heterocycles. The Morgan fingerprint density at radius 2 is 1.79 bits per heavy atom. The summed E-state index contributed by atoms with van der Waals surface area (Å²) in [7, 11) is -4.24. The zero-order chi connectivity index (χ0) is 24.5. The molecule has 0 saturated carbocycles. The summed E-state index contributed by atoms with van der Waals surface area (Å²) in [6, 6.07) is 12.0. The van der Waals surface area contributed by atoms with Crippen molar-refractivity contribution in [1.29, 1.82) is 0 Å². The predicted octanol–water partition coefficient (Wildman–Crippen LogP) is 5.37. The van der Waals surface area contributed by atoms with Crippen molar-refractivity contribution in [2.24, 2.45) is 0 Å². The van der Waals surface area contributed by atoms with Gasteiger partial charge in [0.1, 0.15) is 16.2 Å². The SMILES string of the molecule is CC(NC(=O)c1ccc(F)cc1NS(=O)(=O)c1cccc2nccnc12)c1ccc(Cl)cc1Cl. The minimum absolute atomic E-state index is 0.0757. The molecule has 2 N–H and O–H groups in total. The molecule has 1 aromatic heterocycles. The van der Waals surface area contributed by atoms with Gasteiger partial charge in [-0.1, -0.05) is 35.3 Å². The number of aromatic nitrogens is 2. The van der Waals surface area contributed by atoms with Gasteiger partial charge >= 0.3 is 0 Å². The first-order valence-electron chi connectivity index (χ1n) is 9.93. The van der Waals surface area contributed by atoms with Gasteiger partial charge in [0.15, 0.2) is 0 Å². The van der Waals surface area contributed by atoms with E-state index in [-0.39, 0.29) is 21.7 Å². The number of nitrogens with one attached hydrogen (secondary N) is 2. The first-order chi connectivity index (χ1) is 16.2. The molecule has 1 amide bonds. The van der Waals surface area contributed by atoms with Crippen LogP contribution in [0.1, 0.15) is 28.9 Å². The van der Waals surface area contributed by atoms with Crippen molar-refractivity contribution >= 4 is 55.9 Å². The Morgan fingerprint density at radius 3 is 2.56 bits per heavy atom. The average molecular weight is 519 g/mol. The van der Waals surface area contributed by atoms with E-state index in [0.29, 0.717) is 21.1 Å². The maximum absolute atomic E-state index is 14.0. The number of fused-ring (bicyclic) bond motifs is 1. The maximum Gasteiger partial charge on any atom is 0.264 e. The molecule has 0 fully saturated rings. The number of para-hydroxylation sites is 1.